The van der Waals surface area contributed by atoms with E-state index in [1.54, 1.807) is 0 Å². The standard InChI is InChI=1S/C15H17IN2O/c1-2-9-19-14-8-4-7-13(15(14)17)18-12-6-3-5-11(16)10-12/h3-8,10,18H,2,9,17H2,1H3. The molecule has 3 nitrogen and oxygen atoms in total. The van der Waals surface area contributed by atoms with Crippen molar-refractivity contribution in [3.63, 3.8) is 0 Å². The lowest BCUT2D eigenvalue weighted by molar-refractivity contribution is 0.319. The van der Waals surface area contributed by atoms with Crippen molar-refractivity contribution in [1.29, 1.82) is 0 Å². The quantitative estimate of drug-likeness (QED) is 0.607. The van der Waals surface area contributed by atoms with Crippen molar-refractivity contribution in [3.8, 4) is 5.75 Å². The molecule has 3 N–H and O–H groups in total. The van der Waals surface area contributed by atoms with Crippen molar-refractivity contribution in [2.75, 3.05) is 17.7 Å². The maximum Gasteiger partial charge on any atom is 0.144 e. The Balaban J connectivity index is 2.20. The van der Waals surface area contributed by atoms with Gasteiger partial charge in [-0.2, -0.15) is 0 Å². The molecule has 0 bridgehead atoms. The van der Waals surface area contributed by atoms with Gasteiger partial charge in [-0.05, 0) is 59.3 Å². The molecule has 0 aliphatic heterocycles. The number of ether oxygens (including phenoxy) is 1. The van der Waals surface area contributed by atoms with Crippen molar-refractivity contribution in [3.05, 3.63) is 46.0 Å². The number of halogens is 1. The summed E-state index contributed by atoms with van der Waals surface area (Å²) in [5, 5.41) is 3.32. The van der Waals surface area contributed by atoms with E-state index in [0.29, 0.717) is 12.3 Å². The first-order chi connectivity index (χ1) is 9.20. The minimum Gasteiger partial charge on any atom is -0.491 e. The predicted octanol–water partition coefficient (Wildman–Crippen LogP) is 4.41. The van der Waals surface area contributed by atoms with Crippen molar-refractivity contribution < 1.29 is 4.74 Å². The zero-order chi connectivity index (χ0) is 13.7. The largest absolute Gasteiger partial charge is 0.491 e. The van der Waals surface area contributed by atoms with Crippen LogP contribution in [-0.4, -0.2) is 6.61 Å². The van der Waals surface area contributed by atoms with Crippen molar-refractivity contribution in [1.82, 2.24) is 0 Å². The minimum atomic E-state index is 0.648. The Kier molecular flexibility index (Phi) is 4.90. The number of rotatable bonds is 5. The van der Waals surface area contributed by atoms with Crippen LogP contribution >= 0.6 is 22.6 Å². The molecule has 0 fully saturated rings. The minimum absolute atomic E-state index is 0.648. The van der Waals surface area contributed by atoms with Gasteiger partial charge in [0.05, 0.1) is 18.0 Å². The summed E-state index contributed by atoms with van der Waals surface area (Å²) < 4.78 is 6.80. The fraction of sp³-hybridized carbons (Fsp3) is 0.200. The fourth-order valence-electron chi connectivity index (χ4n) is 1.71. The van der Waals surface area contributed by atoms with Crippen LogP contribution in [0.5, 0.6) is 5.75 Å². The molecule has 0 aromatic heterocycles. The van der Waals surface area contributed by atoms with Gasteiger partial charge < -0.3 is 15.8 Å². The first-order valence-corrected chi connectivity index (χ1v) is 7.32. The lowest BCUT2D eigenvalue weighted by Crippen LogP contribution is -2.02. The SMILES string of the molecule is CCCOc1cccc(Nc2cccc(I)c2)c1N. The molecule has 0 heterocycles. The Morgan fingerprint density at radius 3 is 2.74 bits per heavy atom. The van der Waals surface area contributed by atoms with Crippen LogP contribution in [0.2, 0.25) is 0 Å². The third kappa shape index (κ3) is 3.76. The number of hydrogen-bond donors (Lipinski definition) is 2. The molecular formula is C15H17IN2O. The van der Waals surface area contributed by atoms with Gasteiger partial charge in [-0.15, -0.1) is 0 Å². The molecule has 2 aromatic carbocycles. The van der Waals surface area contributed by atoms with Gasteiger partial charge in [-0.25, -0.2) is 0 Å². The van der Waals surface area contributed by atoms with Gasteiger partial charge in [-0.1, -0.05) is 19.1 Å². The van der Waals surface area contributed by atoms with Crippen LogP contribution in [0, 0.1) is 3.57 Å². The molecule has 4 heteroatoms. The fourth-order valence-corrected chi connectivity index (χ4v) is 2.26. The molecule has 19 heavy (non-hydrogen) atoms. The van der Waals surface area contributed by atoms with E-state index in [9.17, 15) is 0 Å². The number of anilines is 3. The predicted molar refractivity (Wildman–Crippen MR) is 89.1 cm³/mol. The highest BCUT2D eigenvalue weighted by atomic mass is 127. The molecule has 2 rings (SSSR count). The van der Waals surface area contributed by atoms with Gasteiger partial charge in [0.15, 0.2) is 0 Å². The summed E-state index contributed by atoms with van der Waals surface area (Å²) in [7, 11) is 0. The van der Waals surface area contributed by atoms with Crippen LogP contribution in [0.1, 0.15) is 13.3 Å². The highest BCUT2D eigenvalue weighted by molar-refractivity contribution is 14.1. The van der Waals surface area contributed by atoms with Crippen LogP contribution < -0.4 is 15.8 Å². The van der Waals surface area contributed by atoms with Gasteiger partial charge >= 0.3 is 0 Å². The van der Waals surface area contributed by atoms with E-state index >= 15 is 0 Å². The molecular weight excluding hydrogens is 351 g/mol. The molecule has 0 aliphatic rings. The molecule has 0 atom stereocenters. The van der Waals surface area contributed by atoms with Gasteiger partial charge in [-0.3, -0.25) is 0 Å². The van der Waals surface area contributed by atoms with Crippen molar-refractivity contribution in [2.24, 2.45) is 0 Å². The van der Waals surface area contributed by atoms with E-state index in [-0.39, 0.29) is 0 Å². The lowest BCUT2D eigenvalue weighted by atomic mass is 10.2. The molecule has 0 radical (unpaired) electrons. The highest BCUT2D eigenvalue weighted by Crippen LogP contribution is 2.31. The molecule has 0 unspecified atom stereocenters. The number of nitrogens with two attached hydrogens (primary N) is 1. The summed E-state index contributed by atoms with van der Waals surface area (Å²) >= 11 is 2.29. The summed E-state index contributed by atoms with van der Waals surface area (Å²) in [6.45, 7) is 2.75. The van der Waals surface area contributed by atoms with E-state index in [1.165, 1.54) is 3.57 Å². The molecule has 0 amide bonds. The highest BCUT2D eigenvalue weighted by Gasteiger charge is 2.06. The Labute approximate surface area is 127 Å². The monoisotopic (exact) mass is 368 g/mol. The van der Waals surface area contributed by atoms with Gasteiger partial charge in [0.2, 0.25) is 0 Å². The van der Waals surface area contributed by atoms with Crippen LogP contribution in [0.15, 0.2) is 42.5 Å². The molecule has 0 saturated heterocycles. The van der Waals surface area contributed by atoms with E-state index in [4.69, 9.17) is 10.5 Å². The summed E-state index contributed by atoms with van der Waals surface area (Å²) in [4.78, 5) is 0. The van der Waals surface area contributed by atoms with Gasteiger partial charge in [0.25, 0.3) is 0 Å². The zero-order valence-corrected chi connectivity index (χ0v) is 13.0. The van der Waals surface area contributed by atoms with E-state index in [2.05, 4.69) is 47.0 Å². The van der Waals surface area contributed by atoms with Crippen LogP contribution in [-0.2, 0) is 0 Å². The first-order valence-electron chi connectivity index (χ1n) is 6.24. The summed E-state index contributed by atoms with van der Waals surface area (Å²) in [6.07, 6.45) is 0.966. The second-order valence-corrected chi connectivity index (χ2v) is 5.45. The molecule has 0 aliphatic carbocycles. The summed E-state index contributed by atoms with van der Waals surface area (Å²) in [5.74, 6) is 0.734. The van der Waals surface area contributed by atoms with Crippen LogP contribution in [0.3, 0.4) is 0 Å². The maximum absolute atomic E-state index is 6.12. The van der Waals surface area contributed by atoms with E-state index in [1.807, 2.05) is 30.3 Å². The number of benzene rings is 2. The van der Waals surface area contributed by atoms with Crippen molar-refractivity contribution >= 4 is 39.7 Å². The van der Waals surface area contributed by atoms with E-state index < -0.39 is 0 Å². The lowest BCUT2D eigenvalue weighted by Gasteiger charge is -2.13. The summed E-state index contributed by atoms with van der Waals surface area (Å²) in [5.41, 5.74) is 8.66. The van der Waals surface area contributed by atoms with Crippen LogP contribution in [0.25, 0.3) is 0 Å². The Morgan fingerprint density at radius 1 is 1.21 bits per heavy atom. The third-order valence-electron chi connectivity index (χ3n) is 2.63. The molecule has 2 aromatic rings. The van der Waals surface area contributed by atoms with Gasteiger partial charge in [0, 0.05) is 9.26 Å². The molecule has 0 saturated carbocycles. The van der Waals surface area contributed by atoms with Crippen LogP contribution in [0.4, 0.5) is 17.1 Å². The third-order valence-corrected chi connectivity index (χ3v) is 3.30. The topological polar surface area (TPSA) is 47.3 Å². The molecule has 0 spiro atoms. The Hall–Kier alpha value is -1.43. The Bertz CT molecular complexity index is 558. The number of nitrogen functional groups attached to an aromatic ring is 1. The maximum atomic E-state index is 6.12. The molecule has 100 valence electrons. The normalized spacial score (nSPS) is 10.2. The second-order valence-electron chi connectivity index (χ2n) is 4.20. The average molecular weight is 368 g/mol. The zero-order valence-electron chi connectivity index (χ0n) is 10.8. The number of para-hydroxylation sites is 1. The first kappa shape index (κ1) is 14.0. The van der Waals surface area contributed by atoms with Gasteiger partial charge in [0.1, 0.15) is 5.75 Å². The second kappa shape index (κ2) is 6.65. The smallest absolute Gasteiger partial charge is 0.144 e. The number of nitrogens with one attached hydrogen (secondary N) is 1. The van der Waals surface area contributed by atoms with E-state index in [0.717, 1.165) is 23.5 Å². The number of hydrogen-bond acceptors (Lipinski definition) is 3. The summed E-state index contributed by atoms with van der Waals surface area (Å²) in [6, 6.07) is 13.9. The Morgan fingerprint density at radius 2 is 2.00 bits per heavy atom. The average Bonchev–Trinajstić information content (AvgIpc) is 2.40. The van der Waals surface area contributed by atoms with Crippen molar-refractivity contribution in [2.45, 2.75) is 13.3 Å².